The molecule has 1 heterocycles. The molecule has 2 rings (SSSR count). The molecule has 1 saturated heterocycles. The number of aromatic hydroxyl groups is 1. The van der Waals surface area contributed by atoms with Crippen LogP contribution in [0.15, 0.2) is 18.2 Å². The van der Waals surface area contributed by atoms with Crippen molar-refractivity contribution in [3.05, 3.63) is 33.9 Å². The number of nitrogens with zero attached hydrogens (tertiary/aromatic N) is 2. The monoisotopic (exact) mass is 312 g/mol. The van der Waals surface area contributed by atoms with Gasteiger partial charge in [0, 0.05) is 41.0 Å². The van der Waals surface area contributed by atoms with Gasteiger partial charge in [-0.25, -0.2) is 0 Å². The van der Waals surface area contributed by atoms with Gasteiger partial charge in [-0.3, -0.25) is 19.1 Å². The number of nitro groups is 1. The topological polar surface area (TPSA) is 101 Å². The highest BCUT2D eigenvalue weighted by Gasteiger charge is 2.25. The van der Waals surface area contributed by atoms with Crippen molar-refractivity contribution in [2.45, 2.75) is 18.6 Å². The molecule has 2 atom stereocenters. The number of nitro benzene ring substituents is 1. The number of non-ortho nitro benzene ring substituents is 1. The Balaban J connectivity index is 2.20. The van der Waals surface area contributed by atoms with Crippen LogP contribution in [0.4, 0.5) is 5.69 Å². The van der Waals surface area contributed by atoms with Gasteiger partial charge in [-0.2, -0.15) is 0 Å². The Bertz CT molecular complexity index is 604. The van der Waals surface area contributed by atoms with E-state index in [4.69, 9.17) is 0 Å². The van der Waals surface area contributed by atoms with E-state index in [9.17, 15) is 24.2 Å². The number of rotatable bonds is 2. The average Bonchev–Trinajstić information content (AvgIpc) is 2.61. The van der Waals surface area contributed by atoms with Crippen molar-refractivity contribution in [3.63, 3.8) is 0 Å². The molecule has 1 N–H and O–H groups in total. The first kappa shape index (κ1) is 15.4. The van der Waals surface area contributed by atoms with Crippen molar-refractivity contribution in [1.82, 2.24) is 4.90 Å². The molecule has 1 aliphatic rings. The molecule has 0 unspecified atom stereocenters. The quantitative estimate of drug-likeness (QED) is 0.655. The summed E-state index contributed by atoms with van der Waals surface area (Å²) in [5.41, 5.74) is -0.240. The summed E-state index contributed by atoms with van der Waals surface area (Å²) in [6.07, 6.45) is 0.631. The maximum Gasteiger partial charge on any atom is 0.273 e. The Labute approximate surface area is 124 Å². The lowest BCUT2D eigenvalue weighted by Crippen LogP contribution is -2.33. The number of amides is 1. The van der Waals surface area contributed by atoms with Crippen molar-refractivity contribution in [2.75, 3.05) is 18.8 Å². The third-order valence-electron chi connectivity index (χ3n) is 3.53. The van der Waals surface area contributed by atoms with Gasteiger partial charge in [0.05, 0.1) is 16.6 Å². The Morgan fingerprint density at radius 1 is 1.48 bits per heavy atom. The fraction of sp³-hybridized carbons (Fsp3) is 0.462. The molecule has 8 heteroatoms. The van der Waals surface area contributed by atoms with Crippen LogP contribution in [0.3, 0.4) is 0 Å². The van der Waals surface area contributed by atoms with E-state index in [1.54, 1.807) is 0 Å². The molecule has 0 spiro atoms. The minimum atomic E-state index is -0.957. The molecule has 0 bridgehead atoms. The molecule has 1 aliphatic heterocycles. The van der Waals surface area contributed by atoms with Crippen molar-refractivity contribution < 1.29 is 19.0 Å². The molecule has 1 fully saturated rings. The zero-order valence-electron chi connectivity index (χ0n) is 11.5. The van der Waals surface area contributed by atoms with Crippen LogP contribution in [-0.4, -0.2) is 49.1 Å². The first-order valence-corrected chi connectivity index (χ1v) is 7.92. The van der Waals surface area contributed by atoms with Crippen LogP contribution < -0.4 is 0 Å². The first-order valence-electron chi connectivity index (χ1n) is 6.54. The standard InChI is InChI=1S/C13H16N2O5S/c1-9-4-5-14(6-7-21(9)20)13(17)11-3-2-10(15(18)19)8-12(11)16/h2-3,8-9,16H,4-7H2,1H3/t9-,21-/m0/s1. The molecule has 114 valence electrons. The molecule has 1 amide bonds. The lowest BCUT2D eigenvalue weighted by Gasteiger charge is -2.20. The summed E-state index contributed by atoms with van der Waals surface area (Å²) in [5.74, 6) is -0.401. The minimum Gasteiger partial charge on any atom is -0.507 e. The third-order valence-corrected chi connectivity index (χ3v) is 5.24. The molecule has 0 aromatic heterocycles. The van der Waals surface area contributed by atoms with Crippen LogP contribution in [0.1, 0.15) is 23.7 Å². The second-order valence-corrected chi connectivity index (χ2v) is 6.91. The number of benzene rings is 1. The zero-order valence-corrected chi connectivity index (χ0v) is 12.3. The van der Waals surface area contributed by atoms with E-state index < -0.39 is 27.4 Å². The van der Waals surface area contributed by atoms with Crippen molar-refractivity contribution >= 4 is 22.4 Å². The van der Waals surface area contributed by atoms with E-state index in [1.165, 1.54) is 17.0 Å². The van der Waals surface area contributed by atoms with Crippen LogP contribution in [0.25, 0.3) is 0 Å². The number of carbonyl (C=O) groups is 1. The van der Waals surface area contributed by atoms with Gasteiger partial charge in [0.1, 0.15) is 5.75 Å². The highest BCUT2D eigenvalue weighted by Crippen LogP contribution is 2.25. The molecule has 1 aromatic rings. The smallest absolute Gasteiger partial charge is 0.273 e. The summed E-state index contributed by atoms with van der Waals surface area (Å²) >= 11 is 0. The molecule has 1 aromatic carbocycles. The van der Waals surface area contributed by atoms with Gasteiger partial charge in [0.15, 0.2) is 0 Å². The van der Waals surface area contributed by atoms with Gasteiger partial charge in [-0.05, 0) is 12.5 Å². The molecule has 7 nitrogen and oxygen atoms in total. The van der Waals surface area contributed by atoms with Gasteiger partial charge in [-0.15, -0.1) is 0 Å². The summed E-state index contributed by atoms with van der Waals surface area (Å²) in [7, 11) is -0.957. The Morgan fingerprint density at radius 3 is 2.81 bits per heavy atom. The summed E-state index contributed by atoms with van der Waals surface area (Å²) in [5, 5.41) is 20.5. The maximum absolute atomic E-state index is 12.4. The van der Waals surface area contributed by atoms with Gasteiger partial charge < -0.3 is 10.0 Å². The maximum atomic E-state index is 12.4. The van der Waals surface area contributed by atoms with Crippen LogP contribution in [0.5, 0.6) is 5.75 Å². The van der Waals surface area contributed by atoms with Gasteiger partial charge in [-0.1, -0.05) is 6.92 Å². The Morgan fingerprint density at radius 2 is 2.19 bits per heavy atom. The molecule has 0 radical (unpaired) electrons. The lowest BCUT2D eigenvalue weighted by molar-refractivity contribution is -0.384. The van der Waals surface area contributed by atoms with E-state index in [0.29, 0.717) is 25.3 Å². The highest BCUT2D eigenvalue weighted by atomic mass is 32.2. The Kier molecular flexibility index (Phi) is 4.56. The normalized spacial score (nSPS) is 22.6. The fourth-order valence-corrected chi connectivity index (χ4v) is 3.34. The number of hydrogen-bond acceptors (Lipinski definition) is 5. The van der Waals surface area contributed by atoms with E-state index >= 15 is 0 Å². The summed E-state index contributed by atoms with van der Waals surface area (Å²) in [6, 6.07) is 3.40. The first-order chi connectivity index (χ1) is 9.90. The van der Waals surface area contributed by atoms with E-state index in [0.717, 1.165) is 6.07 Å². The van der Waals surface area contributed by atoms with Gasteiger partial charge in [0.2, 0.25) is 0 Å². The van der Waals surface area contributed by atoms with E-state index in [1.807, 2.05) is 6.92 Å². The predicted molar refractivity (Wildman–Crippen MR) is 77.8 cm³/mol. The SMILES string of the molecule is C[C@H]1CCN(C(=O)c2ccc([N+](=O)[O-])cc2O)CC[S@@]1=O. The molecule has 21 heavy (non-hydrogen) atoms. The Hall–Kier alpha value is -1.96. The van der Waals surface area contributed by atoms with E-state index in [2.05, 4.69) is 0 Å². The summed E-state index contributed by atoms with van der Waals surface area (Å²) < 4.78 is 11.8. The van der Waals surface area contributed by atoms with Crippen LogP contribution in [0.2, 0.25) is 0 Å². The van der Waals surface area contributed by atoms with Crippen molar-refractivity contribution in [3.8, 4) is 5.75 Å². The molecular weight excluding hydrogens is 296 g/mol. The van der Waals surface area contributed by atoms with Crippen LogP contribution in [-0.2, 0) is 10.8 Å². The zero-order chi connectivity index (χ0) is 15.6. The van der Waals surface area contributed by atoms with Crippen LogP contribution >= 0.6 is 0 Å². The predicted octanol–water partition coefficient (Wildman–Crippen LogP) is 1.28. The number of phenolic OH excluding ortho intramolecular Hbond substituents is 1. The molecule has 0 aliphatic carbocycles. The number of hydrogen-bond donors (Lipinski definition) is 1. The summed E-state index contributed by atoms with van der Waals surface area (Å²) in [6.45, 7) is 2.70. The fourth-order valence-electron chi connectivity index (χ4n) is 2.17. The van der Waals surface area contributed by atoms with Gasteiger partial charge in [0.25, 0.3) is 11.6 Å². The van der Waals surface area contributed by atoms with Gasteiger partial charge >= 0.3 is 0 Å². The lowest BCUT2D eigenvalue weighted by atomic mass is 10.1. The molecule has 0 saturated carbocycles. The highest BCUT2D eigenvalue weighted by molar-refractivity contribution is 7.85. The summed E-state index contributed by atoms with van der Waals surface area (Å²) in [4.78, 5) is 23.9. The number of carbonyl (C=O) groups excluding carboxylic acids is 1. The van der Waals surface area contributed by atoms with Crippen molar-refractivity contribution in [2.24, 2.45) is 0 Å². The number of phenols is 1. The molecular formula is C13H16N2O5S. The van der Waals surface area contributed by atoms with Crippen LogP contribution in [0, 0.1) is 10.1 Å². The van der Waals surface area contributed by atoms with E-state index in [-0.39, 0.29) is 16.5 Å². The second kappa shape index (κ2) is 6.21. The third kappa shape index (κ3) is 3.38. The largest absolute Gasteiger partial charge is 0.507 e. The van der Waals surface area contributed by atoms with Crippen molar-refractivity contribution in [1.29, 1.82) is 0 Å². The minimum absolute atomic E-state index is 0.0286. The average molecular weight is 312 g/mol. The second-order valence-electron chi connectivity index (χ2n) is 4.93.